The molecule has 0 saturated carbocycles. The van der Waals surface area contributed by atoms with Gasteiger partial charge in [0.1, 0.15) is 25.0 Å². The first-order valence-electron chi connectivity index (χ1n) is 10.5. The summed E-state index contributed by atoms with van der Waals surface area (Å²) < 4.78 is 24.1. The van der Waals surface area contributed by atoms with Crippen molar-refractivity contribution in [2.75, 3.05) is 25.3 Å². The third kappa shape index (κ3) is 3.08. The molecule has 32 heavy (non-hydrogen) atoms. The van der Waals surface area contributed by atoms with Gasteiger partial charge in [-0.1, -0.05) is 0 Å². The van der Waals surface area contributed by atoms with E-state index in [9.17, 15) is 9.18 Å². The van der Waals surface area contributed by atoms with Crippen LogP contribution in [-0.2, 0) is 4.84 Å². The Balaban J connectivity index is 1.55. The summed E-state index contributed by atoms with van der Waals surface area (Å²) in [5.41, 5.74) is 1.35. The lowest BCUT2D eigenvalue weighted by Gasteiger charge is -2.29. The highest BCUT2D eigenvalue weighted by Crippen LogP contribution is 2.38. The SMILES string of the molecule is C[N+]1=C[C@@H]2Oc3ncc(F)cc3[C@@H]3CCON3c3ccn4ncc(c4n3)C(=O)N[C@@H]2CC1. The van der Waals surface area contributed by atoms with E-state index in [4.69, 9.17) is 9.57 Å². The van der Waals surface area contributed by atoms with E-state index in [1.54, 1.807) is 21.8 Å². The number of amides is 1. The molecule has 3 aliphatic rings. The number of nitrogens with one attached hydrogen (secondary N) is 1. The number of fused-ring (bicyclic) bond motifs is 6. The van der Waals surface area contributed by atoms with Gasteiger partial charge >= 0.3 is 0 Å². The molecule has 3 aromatic rings. The summed E-state index contributed by atoms with van der Waals surface area (Å²) in [6.07, 6.45) is 7.08. The Morgan fingerprint density at radius 2 is 2.22 bits per heavy atom. The summed E-state index contributed by atoms with van der Waals surface area (Å²) in [5, 5.41) is 8.95. The smallest absolute Gasteiger partial charge is 0.257 e. The predicted octanol–water partition coefficient (Wildman–Crippen LogP) is 1.12. The van der Waals surface area contributed by atoms with Gasteiger partial charge in [0.05, 0.1) is 31.1 Å². The first-order valence-corrected chi connectivity index (χ1v) is 10.5. The van der Waals surface area contributed by atoms with Gasteiger partial charge in [-0.25, -0.2) is 28.5 Å². The summed E-state index contributed by atoms with van der Waals surface area (Å²) in [6.45, 7) is 1.19. The number of anilines is 1. The Bertz CT molecular complexity index is 1260. The Morgan fingerprint density at radius 1 is 1.31 bits per heavy atom. The van der Waals surface area contributed by atoms with Crippen LogP contribution in [0.3, 0.4) is 0 Å². The topological polar surface area (TPSA) is 96.9 Å². The lowest BCUT2D eigenvalue weighted by Crippen LogP contribution is -2.51. The average molecular weight is 438 g/mol. The van der Waals surface area contributed by atoms with Crippen LogP contribution in [0.25, 0.3) is 5.65 Å². The molecule has 1 amide bonds. The third-order valence-electron chi connectivity index (χ3n) is 6.09. The Morgan fingerprint density at radius 3 is 3.12 bits per heavy atom. The fraction of sp³-hybridized carbons (Fsp3) is 0.381. The molecule has 10 nitrogen and oxygen atoms in total. The molecular formula is C21H21FN7O3+. The normalized spacial score (nSPS) is 24.9. The Kier molecular flexibility index (Phi) is 4.32. The largest absolute Gasteiger partial charge is 0.461 e. The second kappa shape index (κ2) is 7.23. The van der Waals surface area contributed by atoms with Gasteiger partial charge in [-0.15, -0.1) is 0 Å². The molecule has 3 atom stereocenters. The van der Waals surface area contributed by atoms with Gasteiger partial charge < -0.3 is 10.1 Å². The van der Waals surface area contributed by atoms with Crippen LogP contribution in [0, 0.1) is 5.82 Å². The number of rotatable bonds is 0. The van der Waals surface area contributed by atoms with Crippen molar-refractivity contribution < 1.29 is 23.3 Å². The van der Waals surface area contributed by atoms with E-state index in [-0.39, 0.29) is 18.0 Å². The van der Waals surface area contributed by atoms with Gasteiger partial charge in [0.15, 0.2) is 23.8 Å². The molecule has 0 aromatic carbocycles. The van der Waals surface area contributed by atoms with Gasteiger partial charge in [0, 0.05) is 30.7 Å². The van der Waals surface area contributed by atoms with Crippen LogP contribution in [0.1, 0.15) is 34.8 Å². The van der Waals surface area contributed by atoms with E-state index >= 15 is 0 Å². The van der Waals surface area contributed by atoms with Crippen molar-refractivity contribution in [2.45, 2.75) is 31.0 Å². The van der Waals surface area contributed by atoms with Gasteiger partial charge in [-0.2, -0.15) is 5.10 Å². The molecule has 0 aliphatic carbocycles. The molecule has 0 radical (unpaired) electrons. The first-order chi connectivity index (χ1) is 15.6. The summed E-state index contributed by atoms with van der Waals surface area (Å²) in [5.74, 6) is 0.0602. The van der Waals surface area contributed by atoms with Crippen molar-refractivity contribution in [3.8, 4) is 5.88 Å². The Hall–Kier alpha value is -3.60. The third-order valence-corrected chi connectivity index (χ3v) is 6.09. The highest BCUT2D eigenvalue weighted by Gasteiger charge is 2.37. The zero-order chi connectivity index (χ0) is 21.8. The van der Waals surface area contributed by atoms with Crippen LogP contribution in [0.4, 0.5) is 10.2 Å². The van der Waals surface area contributed by atoms with E-state index in [2.05, 4.69) is 20.4 Å². The number of hydrogen-bond acceptors (Lipinski definition) is 7. The number of hydroxylamine groups is 1. The lowest BCUT2D eigenvalue weighted by molar-refractivity contribution is -0.501. The summed E-state index contributed by atoms with van der Waals surface area (Å²) in [6, 6.07) is 2.53. The number of carbonyl (C=O) groups excluding carboxylic acids is 1. The number of halogens is 1. The molecule has 3 aromatic heterocycles. The maximum absolute atomic E-state index is 14.3. The molecule has 0 unspecified atom stereocenters. The molecule has 2 bridgehead atoms. The monoisotopic (exact) mass is 438 g/mol. The minimum atomic E-state index is -0.479. The zero-order valence-electron chi connectivity index (χ0n) is 17.3. The Labute approximate surface area is 182 Å². The van der Waals surface area contributed by atoms with Crippen molar-refractivity contribution in [3.63, 3.8) is 0 Å². The molecule has 11 heteroatoms. The number of aromatic nitrogens is 4. The van der Waals surface area contributed by atoms with Gasteiger partial charge in [0.2, 0.25) is 5.88 Å². The molecule has 1 fully saturated rings. The van der Waals surface area contributed by atoms with E-state index in [1.807, 2.05) is 17.8 Å². The van der Waals surface area contributed by atoms with Crippen molar-refractivity contribution in [1.82, 2.24) is 24.9 Å². The number of carbonyl (C=O) groups is 1. The lowest BCUT2D eigenvalue weighted by atomic mass is 10.0. The van der Waals surface area contributed by atoms with E-state index in [0.29, 0.717) is 47.9 Å². The quantitative estimate of drug-likeness (QED) is 0.526. The second-order valence-electron chi connectivity index (χ2n) is 8.20. The van der Waals surface area contributed by atoms with Crippen LogP contribution in [0.2, 0.25) is 0 Å². The zero-order valence-corrected chi connectivity index (χ0v) is 17.3. The van der Waals surface area contributed by atoms with Gasteiger partial charge in [-0.05, 0) is 6.07 Å². The maximum atomic E-state index is 14.3. The molecule has 6 rings (SSSR count). The van der Waals surface area contributed by atoms with Crippen LogP contribution < -0.4 is 15.1 Å². The summed E-state index contributed by atoms with van der Waals surface area (Å²) >= 11 is 0. The van der Waals surface area contributed by atoms with Crippen LogP contribution in [0.15, 0.2) is 30.7 Å². The average Bonchev–Trinajstić information content (AvgIpc) is 3.43. The standard InChI is InChI=1S/C21H20FN7O3/c1-27-5-2-15-17(11-27)32-21-13(8-12(22)9-23-21)16-4-7-31-29(16)18-3-6-28-19(26-18)14(10-24-28)20(30)25-15/h3,6,8-11,15-17H,2,4-5,7H2,1H3/p+1/t15-,16+,17+/m1/s1. The van der Waals surface area contributed by atoms with E-state index in [0.717, 1.165) is 12.7 Å². The minimum absolute atomic E-state index is 0.286. The van der Waals surface area contributed by atoms with Crippen LogP contribution in [0.5, 0.6) is 5.88 Å². The van der Waals surface area contributed by atoms with E-state index < -0.39 is 11.9 Å². The first kappa shape index (κ1) is 19.1. The molecule has 1 N–H and O–H groups in total. The second-order valence-corrected chi connectivity index (χ2v) is 8.20. The molecule has 164 valence electrons. The van der Waals surface area contributed by atoms with E-state index in [1.165, 1.54) is 12.3 Å². The molecular weight excluding hydrogens is 417 g/mol. The van der Waals surface area contributed by atoms with Crippen LogP contribution >= 0.6 is 0 Å². The number of pyridine rings is 1. The number of hydrogen-bond donors (Lipinski definition) is 1. The van der Waals surface area contributed by atoms with Gasteiger partial charge in [0.25, 0.3) is 5.91 Å². The maximum Gasteiger partial charge on any atom is 0.257 e. The molecule has 1 saturated heterocycles. The number of nitrogens with zero attached hydrogens (tertiary/aromatic N) is 6. The van der Waals surface area contributed by atoms with Crippen molar-refractivity contribution >= 4 is 23.6 Å². The molecule has 6 heterocycles. The van der Waals surface area contributed by atoms with Crippen molar-refractivity contribution in [1.29, 1.82) is 0 Å². The minimum Gasteiger partial charge on any atom is -0.461 e. The molecule has 0 spiro atoms. The van der Waals surface area contributed by atoms with Crippen molar-refractivity contribution in [3.05, 3.63) is 47.7 Å². The molecule has 3 aliphatic heterocycles. The summed E-state index contributed by atoms with van der Waals surface area (Å²) in [7, 11) is 1.95. The number of ether oxygens (including phenoxy) is 1. The van der Waals surface area contributed by atoms with Crippen molar-refractivity contribution in [2.24, 2.45) is 0 Å². The highest BCUT2D eigenvalue weighted by atomic mass is 19.1. The fourth-order valence-corrected chi connectivity index (χ4v) is 4.48. The highest BCUT2D eigenvalue weighted by molar-refractivity contribution is 6.00. The van der Waals surface area contributed by atoms with Gasteiger partial charge in [-0.3, -0.25) is 9.63 Å². The summed E-state index contributed by atoms with van der Waals surface area (Å²) in [4.78, 5) is 27.9. The predicted molar refractivity (Wildman–Crippen MR) is 110 cm³/mol. The fourth-order valence-electron chi connectivity index (χ4n) is 4.48. The van der Waals surface area contributed by atoms with Crippen LogP contribution in [-0.4, -0.2) is 68.6 Å².